The van der Waals surface area contributed by atoms with Crippen LogP contribution in [-0.4, -0.2) is 20.1 Å². The predicted molar refractivity (Wildman–Crippen MR) is 95.9 cm³/mol. The van der Waals surface area contributed by atoms with Gasteiger partial charge >= 0.3 is 0 Å². The first-order valence-corrected chi connectivity index (χ1v) is 8.21. The highest BCUT2D eigenvalue weighted by molar-refractivity contribution is 6.30. The number of rotatable bonds is 7. The van der Waals surface area contributed by atoms with Crippen LogP contribution < -0.4 is 14.8 Å². The first-order chi connectivity index (χ1) is 11.6. The summed E-state index contributed by atoms with van der Waals surface area (Å²) >= 11 is 5.87. The van der Waals surface area contributed by atoms with E-state index in [9.17, 15) is 4.79 Å². The molecule has 0 aliphatic rings. The summed E-state index contributed by atoms with van der Waals surface area (Å²) in [7, 11) is 3.20. The monoisotopic (exact) mass is 347 g/mol. The molecule has 2 rings (SSSR count). The number of nitrogens with one attached hydrogen (secondary N) is 1. The van der Waals surface area contributed by atoms with E-state index in [4.69, 9.17) is 21.1 Å². The molecule has 128 valence electrons. The summed E-state index contributed by atoms with van der Waals surface area (Å²) in [5.41, 5.74) is 1.92. The van der Waals surface area contributed by atoms with Crippen molar-refractivity contribution in [3.63, 3.8) is 0 Å². The molecule has 0 aliphatic heterocycles. The predicted octanol–water partition coefficient (Wildman–Crippen LogP) is 4.17. The molecule has 5 heteroatoms. The number of carbonyl (C=O) groups excluding carboxylic acids is 1. The number of methoxy groups -OCH3 is 2. The van der Waals surface area contributed by atoms with Gasteiger partial charge in [0.1, 0.15) is 0 Å². The van der Waals surface area contributed by atoms with Crippen LogP contribution in [0.2, 0.25) is 5.02 Å². The SMILES string of the molecule is CCC(NC(=O)Cc1ccc(Cl)cc1)c1ccc(OC)c(OC)c1. The lowest BCUT2D eigenvalue weighted by Crippen LogP contribution is -2.29. The van der Waals surface area contributed by atoms with E-state index >= 15 is 0 Å². The van der Waals surface area contributed by atoms with Crippen molar-refractivity contribution in [2.45, 2.75) is 25.8 Å². The zero-order chi connectivity index (χ0) is 17.5. The number of benzene rings is 2. The number of carbonyl (C=O) groups is 1. The van der Waals surface area contributed by atoms with Crippen LogP contribution >= 0.6 is 11.6 Å². The minimum Gasteiger partial charge on any atom is -0.493 e. The minimum absolute atomic E-state index is 0.0287. The fourth-order valence-electron chi connectivity index (χ4n) is 2.52. The summed E-state index contributed by atoms with van der Waals surface area (Å²) in [5, 5.41) is 3.73. The number of hydrogen-bond acceptors (Lipinski definition) is 3. The molecule has 2 aromatic carbocycles. The average molecular weight is 348 g/mol. The van der Waals surface area contributed by atoms with Gasteiger partial charge in [0.15, 0.2) is 11.5 Å². The van der Waals surface area contributed by atoms with Crippen LogP contribution in [0.1, 0.15) is 30.5 Å². The van der Waals surface area contributed by atoms with Crippen molar-refractivity contribution in [3.05, 3.63) is 58.6 Å². The molecular formula is C19H22ClNO3. The van der Waals surface area contributed by atoms with Crippen molar-refractivity contribution in [2.24, 2.45) is 0 Å². The fraction of sp³-hybridized carbons (Fsp3) is 0.316. The van der Waals surface area contributed by atoms with Gasteiger partial charge in [-0.25, -0.2) is 0 Å². The zero-order valence-electron chi connectivity index (χ0n) is 14.1. The summed E-state index contributed by atoms with van der Waals surface area (Å²) < 4.78 is 10.6. The van der Waals surface area contributed by atoms with Gasteiger partial charge in [0.25, 0.3) is 0 Å². The molecule has 2 aromatic rings. The molecule has 0 bridgehead atoms. The second-order valence-corrected chi connectivity index (χ2v) is 5.88. The van der Waals surface area contributed by atoms with Crippen molar-refractivity contribution in [2.75, 3.05) is 14.2 Å². The Bertz CT molecular complexity index is 686. The van der Waals surface area contributed by atoms with E-state index in [1.165, 1.54) is 0 Å². The van der Waals surface area contributed by atoms with Crippen molar-refractivity contribution in [3.8, 4) is 11.5 Å². The van der Waals surface area contributed by atoms with Gasteiger partial charge < -0.3 is 14.8 Å². The molecule has 4 nitrogen and oxygen atoms in total. The molecule has 0 aliphatic carbocycles. The summed E-state index contributed by atoms with van der Waals surface area (Å²) in [5.74, 6) is 1.29. The second-order valence-electron chi connectivity index (χ2n) is 5.45. The van der Waals surface area contributed by atoms with Gasteiger partial charge in [-0.15, -0.1) is 0 Å². The molecule has 0 radical (unpaired) electrons. The van der Waals surface area contributed by atoms with E-state index in [-0.39, 0.29) is 11.9 Å². The Labute approximate surface area is 147 Å². The van der Waals surface area contributed by atoms with E-state index in [1.807, 2.05) is 37.3 Å². The van der Waals surface area contributed by atoms with Crippen LogP contribution in [0.4, 0.5) is 0 Å². The van der Waals surface area contributed by atoms with Gasteiger partial charge in [-0.05, 0) is 41.8 Å². The van der Waals surface area contributed by atoms with Gasteiger partial charge in [-0.2, -0.15) is 0 Å². The zero-order valence-corrected chi connectivity index (χ0v) is 14.9. The number of hydrogen-bond donors (Lipinski definition) is 1. The molecule has 24 heavy (non-hydrogen) atoms. The van der Waals surface area contributed by atoms with Crippen LogP contribution in [0.15, 0.2) is 42.5 Å². The average Bonchev–Trinajstić information content (AvgIpc) is 2.61. The summed E-state index contributed by atoms with van der Waals surface area (Å²) in [6.45, 7) is 2.03. The van der Waals surface area contributed by atoms with Crippen LogP contribution in [0.5, 0.6) is 11.5 Å². The quantitative estimate of drug-likeness (QED) is 0.817. The Morgan fingerprint density at radius 2 is 1.75 bits per heavy atom. The van der Waals surface area contributed by atoms with Gasteiger partial charge in [0.2, 0.25) is 5.91 Å². The lowest BCUT2D eigenvalue weighted by molar-refractivity contribution is -0.121. The van der Waals surface area contributed by atoms with Crippen molar-refractivity contribution < 1.29 is 14.3 Å². The minimum atomic E-state index is -0.0791. The lowest BCUT2D eigenvalue weighted by Gasteiger charge is -2.19. The Kier molecular flexibility index (Phi) is 6.50. The second kappa shape index (κ2) is 8.60. The Morgan fingerprint density at radius 1 is 1.08 bits per heavy atom. The molecule has 1 N–H and O–H groups in total. The van der Waals surface area contributed by atoms with Crippen LogP contribution in [0.3, 0.4) is 0 Å². The number of amides is 1. The third-order valence-corrected chi connectivity index (χ3v) is 4.08. The summed E-state index contributed by atoms with van der Waals surface area (Å²) in [4.78, 5) is 12.3. The van der Waals surface area contributed by atoms with Crippen LogP contribution in [-0.2, 0) is 11.2 Å². The molecule has 0 fully saturated rings. The van der Waals surface area contributed by atoms with E-state index in [2.05, 4.69) is 5.32 Å². The highest BCUT2D eigenvalue weighted by atomic mass is 35.5. The largest absolute Gasteiger partial charge is 0.493 e. The fourth-order valence-corrected chi connectivity index (χ4v) is 2.65. The highest BCUT2D eigenvalue weighted by Crippen LogP contribution is 2.30. The summed E-state index contributed by atoms with van der Waals surface area (Å²) in [6, 6.07) is 12.9. The number of halogens is 1. The first kappa shape index (κ1) is 18.1. The topological polar surface area (TPSA) is 47.6 Å². The third-order valence-electron chi connectivity index (χ3n) is 3.83. The Hall–Kier alpha value is -2.20. The molecular weight excluding hydrogens is 326 g/mol. The van der Waals surface area contributed by atoms with Crippen LogP contribution in [0, 0.1) is 0 Å². The molecule has 0 spiro atoms. The summed E-state index contributed by atoms with van der Waals surface area (Å²) in [6.07, 6.45) is 1.10. The lowest BCUT2D eigenvalue weighted by atomic mass is 10.0. The van der Waals surface area contributed by atoms with Gasteiger partial charge in [-0.3, -0.25) is 4.79 Å². The van der Waals surface area contributed by atoms with Crippen molar-refractivity contribution in [1.82, 2.24) is 5.32 Å². The van der Waals surface area contributed by atoms with E-state index in [0.717, 1.165) is 17.5 Å². The Balaban J connectivity index is 2.08. The van der Waals surface area contributed by atoms with E-state index in [0.29, 0.717) is 22.9 Å². The van der Waals surface area contributed by atoms with Gasteiger partial charge in [0, 0.05) is 5.02 Å². The molecule has 0 saturated carbocycles. The molecule has 1 atom stereocenters. The van der Waals surface area contributed by atoms with E-state index in [1.54, 1.807) is 26.4 Å². The molecule has 0 aromatic heterocycles. The third kappa shape index (κ3) is 4.65. The maximum Gasteiger partial charge on any atom is 0.224 e. The van der Waals surface area contributed by atoms with Gasteiger partial charge in [-0.1, -0.05) is 36.7 Å². The van der Waals surface area contributed by atoms with Crippen molar-refractivity contribution in [1.29, 1.82) is 0 Å². The molecule has 0 saturated heterocycles. The van der Waals surface area contributed by atoms with E-state index < -0.39 is 0 Å². The Morgan fingerprint density at radius 3 is 2.33 bits per heavy atom. The first-order valence-electron chi connectivity index (χ1n) is 7.83. The van der Waals surface area contributed by atoms with Gasteiger partial charge in [0.05, 0.1) is 26.7 Å². The van der Waals surface area contributed by atoms with Crippen LogP contribution in [0.25, 0.3) is 0 Å². The maximum atomic E-state index is 12.3. The molecule has 0 heterocycles. The maximum absolute atomic E-state index is 12.3. The molecule has 1 amide bonds. The highest BCUT2D eigenvalue weighted by Gasteiger charge is 2.15. The standard InChI is InChI=1S/C19H22ClNO3/c1-4-16(14-7-10-17(23-2)18(12-14)24-3)21-19(22)11-13-5-8-15(20)9-6-13/h5-10,12,16H,4,11H2,1-3H3,(H,21,22). The van der Waals surface area contributed by atoms with Crippen molar-refractivity contribution >= 4 is 17.5 Å². The smallest absolute Gasteiger partial charge is 0.224 e. The number of ether oxygens (including phenoxy) is 2. The molecule has 1 unspecified atom stereocenters. The normalized spacial score (nSPS) is 11.7.